The lowest BCUT2D eigenvalue weighted by Gasteiger charge is -2.26. The van der Waals surface area contributed by atoms with Crippen LogP contribution in [0.15, 0.2) is 36.5 Å². The molecule has 1 amide bonds. The van der Waals surface area contributed by atoms with E-state index in [0.29, 0.717) is 22.9 Å². The number of benzene rings is 2. The van der Waals surface area contributed by atoms with Crippen molar-refractivity contribution in [3.8, 4) is 5.75 Å². The summed E-state index contributed by atoms with van der Waals surface area (Å²) in [6.45, 7) is -0.466. The molecule has 2 aromatic carbocycles. The first kappa shape index (κ1) is 21.7. The number of likely N-dealkylation sites (tertiary alicyclic amines) is 1. The van der Waals surface area contributed by atoms with Crippen LogP contribution in [-0.2, 0) is 13.0 Å². The Morgan fingerprint density at radius 3 is 2.61 bits per heavy atom. The molecule has 3 aromatic rings. The van der Waals surface area contributed by atoms with E-state index in [4.69, 9.17) is 0 Å². The monoisotopic (exact) mass is 457 g/mol. The van der Waals surface area contributed by atoms with Gasteiger partial charge < -0.3 is 15.1 Å². The zero-order chi connectivity index (χ0) is 23.5. The Morgan fingerprint density at radius 2 is 1.94 bits per heavy atom. The lowest BCUT2D eigenvalue weighted by molar-refractivity contribution is -0.0299. The molecule has 0 aliphatic carbocycles. The molecular weight excluding hydrogens is 435 g/mol. The highest BCUT2D eigenvalue weighted by atomic mass is 19.3. The molecule has 2 N–H and O–H groups in total. The third-order valence-electron chi connectivity index (χ3n) is 6.40. The second kappa shape index (κ2) is 7.71. The summed E-state index contributed by atoms with van der Waals surface area (Å²) >= 11 is 0. The number of hydrogen-bond acceptors (Lipinski definition) is 5. The Labute approximate surface area is 187 Å². The number of alkyl halides is 2. The minimum Gasteiger partial charge on any atom is -0.505 e. The van der Waals surface area contributed by atoms with Crippen molar-refractivity contribution >= 4 is 16.8 Å². The molecule has 6 nitrogen and oxygen atoms in total. The first-order valence-electron chi connectivity index (χ1n) is 10.6. The van der Waals surface area contributed by atoms with Crippen LogP contribution in [0, 0.1) is 5.82 Å². The van der Waals surface area contributed by atoms with E-state index in [9.17, 15) is 28.2 Å². The van der Waals surface area contributed by atoms with Gasteiger partial charge in [0.05, 0.1) is 12.1 Å². The van der Waals surface area contributed by atoms with E-state index in [1.54, 1.807) is 31.4 Å². The second-order valence-corrected chi connectivity index (χ2v) is 8.77. The topological polar surface area (TPSA) is 76.9 Å². The molecule has 33 heavy (non-hydrogen) atoms. The second-order valence-electron chi connectivity index (χ2n) is 8.77. The van der Waals surface area contributed by atoms with Crippen molar-refractivity contribution in [2.45, 2.75) is 31.5 Å². The van der Waals surface area contributed by atoms with Crippen molar-refractivity contribution in [2.75, 3.05) is 20.1 Å². The summed E-state index contributed by atoms with van der Waals surface area (Å²) in [6, 6.07) is 7.74. The van der Waals surface area contributed by atoms with Crippen LogP contribution in [0.4, 0.5) is 13.2 Å². The van der Waals surface area contributed by atoms with Crippen molar-refractivity contribution < 1.29 is 28.2 Å². The van der Waals surface area contributed by atoms with Crippen molar-refractivity contribution in [1.29, 1.82) is 0 Å². The van der Waals surface area contributed by atoms with Gasteiger partial charge in [-0.15, -0.1) is 0 Å². The minimum absolute atomic E-state index is 0.00219. The highest BCUT2D eigenvalue weighted by molar-refractivity contribution is 6.07. The van der Waals surface area contributed by atoms with Crippen LogP contribution in [0.2, 0.25) is 0 Å². The van der Waals surface area contributed by atoms with Crippen LogP contribution in [0.3, 0.4) is 0 Å². The molecule has 1 fully saturated rings. The quantitative estimate of drug-likeness (QED) is 0.626. The minimum atomic E-state index is -2.91. The van der Waals surface area contributed by atoms with Crippen LogP contribution in [0.1, 0.15) is 45.3 Å². The SMILES string of the molecule is CN1Cc2c(c(O)c3ncc(Cc4ccc(F)cc4)cc3c2C(O)N2CCC(F)(F)C2)C1=O. The predicted octanol–water partition coefficient (Wildman–Crippen LogP) is 3.59. The van der Waals surface area contributed by atoms with Gasteiger partial charge in [0.1, 0.15) is 17.6 Å². The average molecular weight is 457 g/mol. The number of aliphatic hydroxyl groups is 1. The summed E-state index contributed by atoms with van der Waals surface area (Å²) in [7, 11) is 1.57. The van der Waals surface area contributed by atoms with Crippen molar-refractivity contribution in [3.05, 3.63) is 70.2 Å². The molecule has 1 atom stereocenters. The van der Waals surface area contributed by atoms with E-state index in [1.165, 1.54) is 21.9 Å². The Morgan fingerprint density at radius 1 is 1.21 bits per heavy atom. The highest BCUT2D eigenvalue weighted by Crippen LogP contribution is 2.44. The number of rotatable bonds is 4. The fourth-order valence-electron chi connectivity index (χ4n) is 4.74. The zero-order valence-electron chi connectivity index (χ0n) is 17.9. The van der Waals surface area contributed by atoms with Crippen LogP contribution >= 0.6 is 0 Å². The Kier molecular flexibility index (Phi) is 5.06. The zero-order valence-corrected chi connectivity index (χ0v) is 17.9. The Hall–Kier alpha value is -3.17. The van der Waals surface area contributed by atoms with Gasteiger partial charge in [0, 0.05) is 43.7 Å². The van der Waals surface area contributed by atoms with Crippen molar-refractivity contribution in [1.82, 2.24) is 14.8 Å². The average Bonchev–Trinajstić information content (AvgIpc) is 3.28. The number of pyridine rings is 1. The summed E-state index contributed by atoms with van der Waals surface area (Å²) in [5.41, 5.74) is 2.45. The number of hydrogen-bond donors (Lipinski definition) is 2. The van der Waals surface area contributed by atoms with Gasteiger partial charge in [0.15, 0.2) is 5.75 Å². The molecule has 2 aliphatic rings. The van der Waals surface area contributed by atoms with E-state index in [2.05, 4.69) is 4.98 Å². The third kappa shape index (κ3) is 3.71. The number of fused-ring (bicyclic) bond motifs is 2. The maximum absolute atomic E-state index is 13.9. The van der Waals surface area contributed by atoms with Crippen LogP contribution in [-0.4, -0.2) is 57.0 Å². The smallest absolute Gasteiger partial charge is 0.261 e. The van der Waals surface area contributed by atoms with Gasteiger partial charge in [-0.3, -0.25) is 14.7 Å². The molecule has 0 bridgehead atoms. The summed E-state index contributed by atoms with van der Waals surface area (Å²) in [5.74, 6) is -3.96. The molecule has 1 unspecified atom stereocenters. The Bertz CT molecular complexity index is 1260. The molecule has 1 saturated heterocycles. The molecule has 172 valence electrons. The summed E-state index contributed by atoms with van der Waals surface area (Å²) in [5, 5.41) is 22.5. The number of aromatic hydroxyl groups is 1. The molecule has 9 heteroatoms. The number of nitrogens with zero attached hydrogens (tertiary/aromatic N) is 3. The fourth-order valence-corrected chi connectivity index (χ4v) is 4.74. The predicted molar refractivity (Wildman–Crippen MR) is 115 cm³/mol. The summed E-state index contributed by atoms with van der Waals surface area (Å²) < 4.78 is 41.0. The maximum atomic E-state index is 13.9. The van der Waals surface area contributed by atoms with Crippen molar-refractivity contribution in [3.63, 3.8) is 0 Å². The van der Waals surface area contributed by atoms with E-state index < -0.39 is 24.6 Å². The number of phenolic OH excluding ortho intramolecular Hbond substituents is 1. The number of carbonyl (C=O) groups is 1. The molecule has 0 saturated carbocycles. The van der Waals surface area contributed by atoms with Gasteiger partial charge in [-0.2, -0.15) is 0 Å². The standard InChI is InChI=1S/C24H22F3N3O3/c1-29-11-17-18(23(33)30-7-6-24(26,27)12-30)16-9-14(8-13-2-4-15(25)5-3-13)10-28-20(16)21(31)19(17)22(29)32/h2-5,9-10,23,31,33H,6-8,11-12H2,1H3. The van der Waals surface area contributed by atoms with Crippen LogP contribution in [0.25, 0.3) is 10.9 Å². The Balaban J connectivity index is 1.66. The molecule has 2 aliphatic heterocycles. The maximum Gasteiger partial charge on any atom is 0.261 e. The van der Waals surface area contributed by atoms with Crippen molar-refractivity contribution in [2.24, 2.45) is 0 Å². The van der Waals surface area contributed by atoms with Crippen LogP contribution < -0.4 is 0 Å². The summed E-state index contributed by atoms with van der Waals surface area (Å²) in [6.07, 6.45) is 0.199. The lowest BCUT2D eigenvalue weighted by Crippen LogP contribution is -2.30. The lowest BCUT2D eigenvalue weighted by atomic mass is 9.93. The number of phenols is 1. The largest absolute Gasteiger partial charge is 0.505 e. The van der Waals surface area contributed by atoms with E-state index in [0.717, 1.165) is 11.1 Å². The number of carbonyl (C=O) groups excluding carboxylic acids is 1. The molecular formula is C24H22F3N3O3. The molecule has 5 rings (SSSR count). The normalized spacial score (nSPS) is 18.8. The molecule has 1 aromatic heterocycles. The molecule has 0 spiro atoms. The van der Waals surface area contributed by atoms with Gasteiger partial charge >= 0.3 is 0 Å². The number of halogens is 3. The number of aliphatic hydroxyl groups excluding tert-OH is 1. The van der Waals surface area contributed by atoms with E-state index >= 15 is 0 Å². The molecule has 0 radical (unpaired) electrons. The third-order valence-corrected chi connectivity index (χ3v) is 6.40. The molecule has 3 heterocycles. The van der Waals surface area contributed by atoms with Gasteiger partial charge in [-0.25, -0.2) is 13.2 Å². The van der Waals surface area contributed by atoms with Gasteiger partial charge in [0.25, 0.3) is 11.8 Å². The van der Waals surface area contributed by atoms with Gasteiger partial charge in [0.2, 0.25) is 0 Å². The van der Waals surface area contributed by atoms with E-state index in [1.807, 2.05) is 0 Å². The van der Waals surface area contributed by atoms with Gasteiger partial charge in [-0.05, 0) is 41.3 Å². The first-order valence-corrected chi connectivity index (χ1v) is 10.6. The number of amides is 1. The first-order chi connectivity index (χ1) is 15.6. The van der Waals surface area contributed by atoms with Crippen LogP contribution in [0.5, 0.6) is 5.75 Å². The fraction of sp³-hybridized carbons (Fsp3) is 0.333. The van der Waals surface area contributed by atoms with E-state index in [-0.39, 0.29) is 42.2 Å². The van der Waals surface area contributed by atoms with Gasteiger partial charge in [-0.1, -0.05) is 12.1 Å². The number of aromatic nitrogens is 1. The highest BCUT2D eigenvalue weighted by Gasteiger charge is 2.43. The summed E-state index contributed by atoms with van der Waals surface area (Å²) in [4.78, 5) is 19.7.